The van der Waals surface area contributed by atoms with Crippen molar-refractivity contribution in [2.75, 3.05) is 5.33 Å². The molecule has 0 saturated heterocycles. The summed E-state index contributed by atoms with van der Waals surface area (Å²) < 4.78 is 1.89. The fourth-order valence-electron chi connectivity index (χ4n) is 1.59. The number of halogens is 1. The van der Waals surface area contributed by atoms with E-state index in [4.69, 9.17) is 0 Å². The first-order valence-corrected chi connectivity index (χ1v) is 6.41. The van der Waals surface area contributed by atoms with Gasteiger partial charge in [-0.25, -0.2) is 4.68 Å². The van der Waals surface area contributed by atoms with Crippen molar-refractivity contribution < 1.29 is 0 Å². The minimum Gasteiger partial charge on any atom is -0.248 e. The fourth-order valence-corrected chi connectivity index (χ4v) is 2.00. The second kappa shape index (κ2) is 5.25. The number of benzene rings is 1. The molecule has 3 nitrogen and oxygen atoms in total. The Morgan fingerprint density at radius 1 is 1.31 bits per heavy atom. The molecular weight excluding hydrogens is 266 g/mol. The molecule has 0 bridgehead atoms. The molecule has 1 heterocycles. The molecule has 1 aromatic carbocycles. The van der Waals surface area contributed by atoms with E-state index in [1.54, 1.807) is 0 Å². The Morgan fingerprint density at radius 3 is 2.88 bits per heavy atom. The molecule has 0 aliphatic rings. The van der Waals surface area contributed by atoms with E-state index in [-0.39, 0.29) is 0 Å². The zero-order valence-corrected chi connectivity index (χ0v) is 10.8. The number of aryl methyl sites for hydroxylation is 2. The van der Waals surface area contributed by atoms with E-state index in [9.17, 15) is 0 Å². The van der Waals surface area contributed by atoms with Gasteiger partial charge in [0.2, 0.25) is 0 Å². The normalized spacial score (nSPS) is 10.6. The quantitative estimate of drug-likeness (QED) is 0.806. The van der Waals surface area contributed by atoms with Gasteiger partial charge in [-0.2, -0.15) is 0 Å². The number of aromatic nitrogens is 3. The summed E-state index contributed by atoms with van der Waals surface area (Å²) in [5.41, 5.74) is 3.61. The molecule has 0 unspecified atom stereocenters. The summed E-state index contributed by atoms with van der Waals surface area (Å²) in [5, 5.41) is 9.16. The topological polar surface area (TPSA) is 30.7 Å². The molecule has 0 amide bonds. The second-order valence-electron chi connectivity index (χ2n) is 3.77. The molecule has 0 N–H and O–H groups in total. The van der Waals surface area contributed by atoms with Crippen molar-refractivity contribution in [1.82, 2.24) is 15.0 Å². The summed E-state index contributed by atoms with van der Waals surface area (Å²) >= 11 is 3.40. The Balaban J connectivity index is 2.11. The SMILES string of the molecule is Cc1ccccc1Cn1cc(CCBr)nn1. The third-order valence-electron chi connectivity index (χ3n) is 2.53. The van der Waals surface area contributed by atoms with Crippen molar-refractivity contribution >= 4 is 15.9 Å². The number of nitrogens with zero attached hydrogens (tertiary/aromatic N) is 3. The van der Waals surface area contributed by atoms with E-state index in [0.29, 0.717) is 0 Å². The Bertz CT molecular complexity index is 465. The van der Waals surface area contributed by atoms with Crippen LogP contribution in [0, 0.1) is 6.92 Å². The van der Waals surface area contributed by atoms with Gasteiger partial charge in [0.15, 0.2) is 0 Å². The largest absolute Gasteiger partial charge is 0.248 e. The van der Waals surface area contributed by atoms with Crippen LogP contribution in [-0.4, -0.2) is 20.3 Å². The molecule has 2 aromatic rings. The maximum Gasteiger partial charge on any atom is 0.0835 e. The van der Waals surface area contributed by atoms with E-state index in [1.165, 1.54) is 11.1 Å². The van der Waals surface area contributed by atoms with Crippen molar-refractivity contribution in [3.05, 3.63) is 47.3 Å². The van der Waals surface area contributed by atoms with Gasteiger partial charge < -0.3 is 0 Å². The lowest BCUT2D eigenvalue weighted by Crippen LogP contribution is -2.01. The maximum atomic E-state index is 4.12. The first-order valence-electron chi connectivity index (χ1n) is 5.29. The van der Waals surface area contributed by atoms with Crippen molar-refractivity contribution in [2.45, 2.75) is 19.9 Å². The molecule has 0 atom stereocenters. The van der Waals surface area contributed by atoms with E-state index in [0.717, 1.165) is 24.0 Å². The summed E-state index contributed by atoms with van der Waals surface area (Å²) in [5.74, 6) is 0. The highest BCUT2D eigenvalue weighted by molar-refractivity contribution is 9.09. The predicted octanol–water partition coefficient (Wildman–Crippen LogP) is 2.57. The Kier molecular flexibility index (Phi) is 3.72. The summed E-state index contributed by atoms with van der Waals surface area (Å²) in [6.45, 7) is 2.91. The van der Waals surface area contributed by atoms with Crippen LogP contribution in [0.25, 0.3) is 0 Å². The van der Waals surface area contributed by atoms with Gasteiger partial charge in [0, 0.05) is 17.9 Å². The predicted molar refractivity (Wildman–Crippen MR) is 67.8 cm³/mol. The van der Waals surface area contributed by atoms with Crippen LogP contribution in [-0.2, 0) is 13.0 Å². The van der Waals surface area contributed by atoms with Crippen molar-refractivity contribution in [3.63, 3.8) is 0 Å². The molecule has 0 aliphatic carbocycles. The summed E-state index contributed by atoms with van der Waals surface area (Å²) in [4.78, 5) is 0. The maximum absolute atomic E-state index is 4.12. The van der Waals surface area contributed by atoms with E-state index < -0.39 is 0 Å². The third-order valence-corrected chi connectivity index (χ3v) is 2.93. The highest BCUT2D eigenvalue weighted by Gasteiger charge is 2.02. The smallest absolute Gasteiger partial charge is 0.0835 e. The van der Waals surface area contributed by atoms with Crippen LogP contribution in [0.5, 0.6) is 0 Å². The van der Waals surface area contributed by atoms with Crippen molar-refractivity contribution in [1.29, 1.82) is 0 Å². The van der Waals surface area contributed by atoms with Crippen LogP contribution < -0.4 is 0 Å². The van der Waals surface area contributed by atoms with E-state index in [2.05, 4.69) is 57.4 Å². The van der Waals surface area contributed by atoms with Gasteiger partial charge in [0.05, 0.1) is 12.2 Å². The number of alkyl halides is 1. The average molecular weight is 280 g/mol. The molecule has 1 aromatic heterocycles. The zero-order valence-electron chi connectivity index (χ0n) is 9.23. The molecule has 0 spiro atoms. The Hall–Kier alpha value is -1.16. The molecule has 0 radical (unpaired) electrons. The van der Waals surface area contributed by atoms with Crippen LogP contribution in [0.2, 0.25) is 0 Å². The van der Waals surface area contributed by atoms with Gasteiger partial charge in [-0.05, 0) is 18.1 Å². The Morgan fingerprint density at radius 2 is 2.12 bits per heavy atom. The van der Waals surface area contributed by atoms with Crippen LogP contribution in [0.3, 0.4) is 0 Å². The summed E-state index contributed by atoms with van der Waals surface area (Å²) in [6, 6.07) is 8.35. The van der Waals surface area contributed by atoms with Crippen LogP contribution in [0.4, 0.5) is 0 Å². The highest BCUT2D eigenvalue weighted by Crippen LogP contribution is 2.08. The minimum absolute atomic E-state index is 0.794. The molecule has 0 saturated carbocycles. The van der Waals surface area contributed by atoms with Crippen LogP contribution >= 0.6 is 15.9 Å². The molecule has 0 aliphatic heterocycles. The van der Waals surface area contributed by atoms with Gasteiger partial charge in [0.25, 0.3) is 0 Å². The number of rotatable bonds is 4. The lowest BCUT2D eigenvalue weighted by molar-refractivity contribution is 0.647. The van der Waals surface area contributed by atoms with Gasteiger partial charge in [-0.3, -0.25) is 0 Å². The third kappa shape index (κ3) is 2.70. The first-order chi connectivity index (χ1) is 7.79. The molecule has 16 heavy (non-hydrogen) atoms. The lowest BCUT2D eigenvalue weighted by Gasteiger charge is -2.04. The van der Waals surface area contributed by atoms with E-state index in [1.807, 2.05) is 10.9 Å². The van der Waals surface area contributed by atoms with Crippen LogP contribution in [0.15, 0.2) is 30.5 Å². The zero-order chi connectivity index (χ0) is 11.4. The molecular formula is C12H14BrN3. The Labute approximate surface area is 104 Å². The molecule has 4 heteroatoms. The number of hydrogen-bond donors (Lipinski definition) is 0. The van der Waals surface area contributed by atoms with Gasteiger partial charge in [0.1, 0.15) is 0 Å². The number of hydrogen-bond acceptors (Lipinski definition) is 2. The van der Waals surface area contributed by atoms with Crippen molar-refractivity contribution in [3.8, 4) is 0 Å². The fraction of sp³-hybridized carbons (Fsp3) is 0.333. The second-order valence-corrected chi connectivity index (χ2v) is 4.57. The van der Waals surface area contributed by atoms with Gasteiger partial charge in [-0.1, -0.05) is 45.4 Å². The lowest BCUT2D eigenvalue weighted by atomic mass is 10.1. The average Bonchev–Trinajstić information content (AvgIpc) is 2.70. The van der Waals surface area contributed by atoms with Gasteiger partial charge in [-0.15, -0.1) is 5.10 Å². The van der Waals surface area contributed by atoms with Crippen molar-refractivity contribution in [2.24, 2.45) is 0 Å². The monoisotopic (exact) mass is 279 g/mol. The summed E-state index contributed by atoms with van der Waals surface area (Å²) in [7, 11) is 0. The standard InChI is InChI=1S/C12H14BrN3/c1-10-4-2-3-5-11(10)8-16-9-12(6-7-13)14-15-16/h2-5,9H,6-8H2,1H3. The first kappa shape index (κ1) is 11.3. The van der Waals surface area contributed by atoms with E-state index >= 15 is 0 Å². The molecule has 2 rings (SSSR count). The molecule has 84 valence electrons. The molecule has 0 fully saturated rings. The highest BCUT2D eigenvalue weighted by atomic mass is 79.9. The van der Waals surface area contributed by atoms with Crippen LogP contribution in [0.1, 0.15) is 16.8 Å². The van der Waals surface area contributed by atoms with Gasteiger partial charge >= 0.3 is 0 Å². The minimum atomic E-state index is 0.794. The summed E-state index contributed by atoms with van der Waals surface area (Å²) in [6.07, 6.45) is 2.93.